The fourth-order valence-electron chi connectivity index (χ4n) is 1.99. The maximum Gasteiger partial charge on any atom is 0.188 e. The molecule has 1 saturated heterocycles. The molecule has 2 atom stereocenters. The minimum Gasteiger partial charge on any atom is -0.393 e. The van der Waals surface area contributed by atoms with Gasteiger partial charge >= 0.3 is 0 Å². The van der Waals surface area contributed by atoms with E-state index < -0.39 is 0 Å². The molecule has 0 radical (unpaired) electrons. The van der Waals surface area contributed by atoms with Gasteiger partial charge in [-0.3, -0.25) is 4.90 Å². The van der Waals surface area contributed by atoms with Gasteiger partial charge in [-0.1, -0.05) is 0 Å². The van der Waals surface area contributed by atoms with Crippen molar-refractivity contribution in [2.75, 3.05) is 13.1 Å². The van der Waals surface area contributed by atoms with E-state index in [1.165, 1.54) is 4.80 Å². The predicted molar refractivity (Wildman–Crippen MR) is 53.9 cm³/mol. The van der Waals surface area contributed by atoms with Crippen LogP contribution in [0, 0.1) is 5.92 Å². The summed E-state index contributed by atoms with van der Waals surface area (Å²) in [4.78, 5) is 3.73. The van der Waals surface area contributed by atoms with E-state index in [0.29, 0.717) is 5.92 Å². The van der Waals surface area contributed by atoms with E-state index in [1.807, 2.05) is 6.92 Å². The van der Waals surface area contributed by atoms with E-state index in [9.17, 15) is 5.11 Å². The van der Waals surface area contributed by atoms with E-state index in [1.54, 1.807) is 7.05 Å². The molecule has 0 amide bonds. The Bertz CT molecular complexity index is 324. The summed E-state index contributed by atoms with van der Waals surface area (Å²) in [5.41, 5.74) is 0. The second-order valence-corrected chi connectivity index (χ2v) is 4.22. The summed E-state index contributed by atoms with van der Waals surface area (Å²) in [7, 11) is 1.76. The van der Waals surface area contributed by atoms with Gasteiger partial charge in [-0.05, 0) is 31.0 Å². The summed E-state index contributed by atoms with van der Waals surface area (Å²) in [6.45, 7) is 4.52. The standard InChI is InChI=1S/C9H17N5O/c1-7(15)8-3-4-14(5-8)6-9-10-12-13(2)11-9/h7-8,15H,3-6H2,1-2H3. The van der Waals surface area contributed by atoms with Crippen LogP contribution in [-0.4, -0.2) is 49.4 Å². The van der Waals surface area contributed by atoms with Crippen LogP contribution in [0.15, 0.2) is 0 Å². The van der Waals surface area contributed by atoms with Crippen molar-refractivity contribution in [2.45, 2.75) is 26.0 Å². The fourth-order valence-corrected chi connectivity index (χ4v) is 1.99. The largest absolute Gasteiger partial charge is 0.393 e. The maximum atomic E-state index is 9.47. The average molecular weight is 211 g/mol. The van der Waals surface area contributed by atoms with Crippen LogP contribution in [-0.2, 0) is 13.6 Å². The minimum atomic E-state index is -0.218. The number of aliphatic hydroxyl groups excluding tert-OH is 1. The predicted octanol–water partition coefficient (Wildman–Crippen LogP) is -0.587. The molecule has 15 heavy (non-hydrogen) atoms. The van der Waals surface area contributed by atoms with Gasteiger partial charge in [-0.25, -0.2) is 0 Å². The fraction of sp³-hybridized carbons (Fsp3) is 0.889. The Morgan fingerprint density at radius 2 is 2.40 bits per heavy atom. The number of hydrogen-bond acceptors (Lipinski definition) is 5. The first-order valence-corrected chi connectivity index (χ1v) is 5.28. The Hall–Kier alpha value is -1.01. The highest BCUT2D eigenvalue weighted by atomic mass is 16.3. The van der Waals surface area contributed by atoms with Crippen LogP contribution in [0.2, 0.25) is 0 Å². The van der Waals surface area contributed by atoms with Gasteiger partial charge in [-0.2, -0.15) is 4.80 Å². The molecule has 6 nitrogen and oxygen atoms in total. The van der Waals surface area contributed by atoms with E-state index in [0.717, 1.165) is 31.9 Å². The molecule has 1 aromatic heterocycles. The van der Waals surface area contributed by atoms with Gasteiger partial charge in [0.2, 0.25) is 0 Å². The Morgan fingerprint density at radius 1 is 1.60 bits per heavy atom. The van der Waals surface area contributed by atoms with Gasteiger partial charge in [0.05, 0.1) is 19.7 Å². The van der Waals surface area contributed by atoms with Gasteiger partial charge in [0.25, 0.3) is 0 Å². The van der Waals surface area contributed by atoms with Gasteiger partial charge in [0.15, 0.2) is 5.82 Å². The number of nitrogens with zero attached hydrogens (tertiary/aromatic N) is 5. The molecule has 0 aliphatic carbocycles. The molecule has 0 saturated carbocycles. The Balaban J connectivity index is 1.87. The van der Waals surface area contributed by atoms with Crippen molar-refractivity contribution in [3.8, 4) is 0 Å². The van der Waals surface area contributed by atoms with E-state index in [4.69, 9.17) is 0 Å². The molecular weight excluding hydrogens is 194 g/mol. The lowest BCUT2D eigenvalue weighted by Gasteiger charge is -2.15. The summed E-state index contributed by atoms with van der Waals surface area (Å²) in [6, 6.07) is 0. The smallest absolute Gasteiger partial charge is 0.188 e. The van der Waals surface area contributed by atoms with Crippen molar-refractivity contribution in [3.05, 3.63) is 5.82 Å². The minimum absolute atomic E-state index is 0.218. The molecule has 2 unspecified atom stereocenters. The van der Waals surface area contributed by atoms with E-state index >= 15 is 0 Å². The van der Waals surface area contributed by atoms with Gasteiger partial charge in [-0.15, -0.1) is 10.2 Å². The van der Waals surface area contributed by atoms with Crippen LogP contribution in [0.25, 0.3) is 0 Å². The van der Waals surface area contributed by atoms with Crippen molar-refractivity contribution < 1.29 is 5.11 Å². The van der Waals surface area contributed by atoms with Crippen LogP contribution in [0.4, 0.5) is 0 Å². The van der Waals surface area contributed by atoms with Gasteiger partial charge in [0, 0.05) is 6.54 Å². The highest BCUT2D eigenvalue weighted by Crippen LogP contribution is 2.20. The zero-order chi connectivity index (χ0) is 10.8. The molecule has 2 heterocycles. The zero-order valence-corrected chi connectivity index (χ0v) is 9.17. The van der Waals surface area contributed by atoms with Crippen LogP contribution < -0.4 is 0 Å². The quantitative estimate of drug-likeness (QED) is 0.724. The molecule has 2 rings (SSSR count). The molecule has 0 spiro atoms. The monoisotopic (exact) mass is 211 g/mol. The summed E-state index contributed by atoms with van der Waals surface area (Å²) in [5, 5.41) is 21.3. The average Bonchev–Trinajstić information content (AvgIpc) is 2.76. The van der Waals surface area contributed by atoms with E-state index in [2.05, 4.69) is 20.3 Å². The first-order chi connectivity index (χ1) is 7.15. The third kappa shape index (κ3) is 2.51. The van der Waals surface area contributed by atoms with Crippen molar-refractivity contribution >= 4 is 0 Å². The lowest BCUT2D eigenvalue weighted by atomic mass is 10.0. The SMILES string of the molecule is CC(O)C1CCN(Cc2nnn(C)n2)C1. The highest BCUT2D eigenvalue weighted by Gasteiger charge is 2.26. The number of likely N-dealkylation sites (tertiary alicyclic amines) is 1. The Morgan fingerprint density at radius 3 is 2.93 bits per heavy atom. The molecular formula is C9H17N5O. The number of hydrogen-bond donors (Lipinski definition) is 1. The van der Waals surface area contributed by atoms with Crippen LogP contribution in [0.3, 0.4) is 0 Å². The second-order valence-electron chi connectivity index (χ2n) is 4.22. The molecule has 6 heteroatoms. The highest BCUT2D eigenvalue weighted by molar-refractivity contribution is 4.84. The van der Waals surface area contributed by atoms with Crippen LogP contribution in [0.1, 0.15) is 19.2 Å². The molecule has 1 fully saturated rings. The lowest BCUT2D eigenvalue weighted by Crippen LogP contribution is -2.24. The molecule has 0 aromatic carbocycles. The van der Waals surface area contributed by atoms with E-state index in [-0.39, 0.29) is 6.10 Å². The number of aliphatic hydroxyl groups is 1. The number of aromatic nitrogens is 4. The lowest BCUT2D eigenvalue weighted by molar-refractivity contribution is 0.127. The van der Waals surface area contributed by atoms with Crippen molar-refractivity contribution in [1.29, 1.82) is 0 Å². The van der Waals surface area contributed by atoms with Crippen molar-refractivity contribution in [2.24, 2.45) is 13.0 Å². The summed E-state index contributed by atoms with van der Waals surface area (Å²) < 4.78 is 0. The maximum absolute atomic E-state index is 9.47. The third-order valence-corrected chi connectivity index (χ3v) is 2.91. The van der Waals surface area contributed by atoms with Crippen molar-refractivity contribution in [1.82, 2.24) is 25.1 Å². The van der Waals surface area contributed by atoms with Crippen molar-refractivity contribution in [3.63, 3.8) is 0 Å². The Kier molecular flexibility index (Phi) is 2.97. The molecule has 84 valence electrons. The molecule has 1 N–H and O–H groups in total. The summed E-state index contributed by atoms with van der Waals surface area (Å²) >= 11 is 0. The van der Waals surface area contributed by atoms with Gasteiger partial charge < -0.3 is 5.11 Å². The topological polar surface area (TPSA) is 67.1 Å². The van der Waals surface area contributed by atoms with Gasteiger partial charge in [0.1, 0.15) is 0 Å². The number of tetrazole rings is 1. The zero-order valence-electron chi connectivity index (χ0n) is 9.17. The normalized spacial score (nSPS) is 24.6. The first kappa shape index (κ1) is 10.5. The first-order valence-electron chi connectivity index (χ1n) is 5.28. The molecule has 1 aliphatic rings. The molecule has 1 aromatic rings. The Labute approximate surface area is 88.9 Å². The third-order valence-electron chi connectivity index (χ3n) is 2.91. The van der Waals surface area contributed by atoms with Crippen LogP contribution >= 0.6 is 0 Å². The molecule has 1 aliphatic heterocycles. The summed E-state index contributed by atoms with van der Waals surface area (Å²) in [5.74, 6) is 1.14. The second kappa shape index (κ2) is 4.24. The molecule has 0 bridgehead atoms. The number of aryl methyl sites for hydroxylation is 1. The van der Waals surface area contributed by atoms with Crippen LogP contribution in [0.5, 0.6) is 0 Å². The number of rotatable bonds is 3. The summed E-state index contributed by atoms with van der Waals surface area (Å²) in [6.07, 6.45) is 0.836.